The van der Waals surface area contributed by atoms with Crippen LogP contribution in [0.3, 0.4) is 0 Å². The Kier molecular flexibility index (Phi) is 8.46. The molecular formula is C30H44N4O5. The molecule has 0 radical (unpaired) electrons. The van der Waals surface area contributed by atoms with Crippen LogP contribution in [0.15, 0.2) is 16.8 Å². The number of hydrogen-bond donors (Lipinski definition) is 4. The number of hydrogen-bond acceptors (Lipinski definition) is 7. The number of allylic oxidation sites excluding steroid dienone is 2. The van der Waals surface area contributed by atoms with E-state index in [0.717, 1.165) is 50.7 Å². The van der Waals surface area contributed by atoms with E-state index in [1.165, 1.54) is 12.7 Å². The van der Waals surface area contributed by atoms with Crippen LogP contribution in [0.1, 0.15) is 84.5 Å². The molecule has 0 spiro atoms. The number of nitrogens with one attached hydrogen (secondary N) is 2. The highest BCUT2D eigenvalue weighted by atomic mass is 16.6. The third-order valence-electron chi connectivity index (χ3n) is 10.5. The van der Waals surface area contributed by atoms with Crippen molar-refractivity contribution in [1.29, 1.82) is 5.41 Å². The fourth-order valence-corrected chi connectivity index (χ4v) is 8.19. The number of amidine groups is 1. The number of oxime groups is 1. The lowest BCUT2D eigenvalue weighted by Crippen LogP contribution is -2.54. The summed E-state index contributed by atoms with van der Waals surface area (Å²) in [6.07, 6.45) is 16.7. The molecule has 5 N–H and O–H groups in total. The summed E-state index contributed by atoms with van der Waals surface area (Å²) in [7, 11) is 1.27. The summed E-state index contributed by atoms with van der Waals surface area (Å²) in [6.45, 7) is 4.31. The number of carbonyl (C=O) groups excluding carboxylic acids is 2. The molecule has 39 heavy (non-hydrogen) atoms. The predicted molar refractivity (Wildman–Crippen MR) is 149 cm³/mol. The fourth-order valence-electron chi connectivity index (χ4n) is 8.19. The molecule has 0 aromatic carbocycles. The molecule has 0 aromatic heterocycles. The zero-order chi connectivity index (χ0) is 28.4. The fraction of sp³-hybridized carbons (Fsp3) is 0.733. The quantitative estimate of drug-likeness (QED) is 0.116. The van der Waals surface area contributed by atoms with Crippen molar-refractivity contribution in [3.8, 4) is 12.3 Å². The maximum Gasteiger partial charge on any atom is 0.328 e. The second-order valence-corrected chi connectivity index (χ2v) is 12.4. The smallest absolute Gasteiger partial charge is 0.328 e. The van der Waals surface area contributed by atoms with Gasteiger partial charge in [0.2, 0.25) is 0 Å². The number of terminal acetylenes is 1. The molecule has 4 aliphatic carbocycles. The van der Waals surface area contributed by atoms with Crippen molar-refractivity contribution >= 4 is 23.4 Å². The van der Waals surface area contributed by atoms with Gasteiger partial charge < -0.3 is 25.7 Å². The minimum absolute atomic E-state index is 0.0341. The Hall–Kier alpha value is -2.86. The van der Waals surface area contributed by atoms with Crippen molar-refractivity contribution in [2.75, 3.05) is 13.7 Å². The number of rotatable bonds is 9. The molecule has 9 heteroatoms. The van der Waals surface area contributed by atoms with Gasteiger partial charge in [-0.05, 0) is 93.5 Å². The summed E-state index contributed by atoms with van der Waals surface area (Å²) in [4.78, 5) is 29.8. The minimum atomic E-state index is -0.985. The molecule has 3 fully saturated rings. The highest BCUT2D eigenvalue weighted by molar-refractivity contribution is 5.96. The van der Waals surface area contributed by atoms with E-state index in [-0.39, 0.29) is 23.3 Å². The van der Waals surface area contributed by atoms with E-state index in [4.69, 9.17) is 27.1 Å². The van der Waals surface area contributed by atoms with Crippen LogP contribution in [0.25, 0.3) is 0 Å². The first kappa shape index (κ1) is 29.1. The van der Waals surface area contributed by atoms with Gasteiger partial charge in [0.25, 0.3) is 5.91 Å². The van der Waals surface area contributed by atoms with Gasteiger partial charge in [0, 0.05) is 11.8 Å². The molecule has 0 saturated heterocycles. The minimum Gasteiger partial charge on any atom is -0.467 e. The second kappa shape index (κ2) is 11.3. The lowest BCUT2D eigenvalue weighted by atomic mass is 9.46. The molecule has 4 aliphatic rings. The SMILES string of the molecule is C#C[C@@]1(O)CCC2C3CCC4=C/C(=N/OCC(=O)NC(CCCC(=N)N)C(=O)OC)CC[C@]4(C)C3CC[C@@]21C. The molecule has 0 aliphatic heterocycles. The van der Waals surface area contributed by atoms with Gasteiger partial charge in [-0.25, -0.2) is 4.79 Å². The van der Waals surface area contributed by atoms with E-state index in [1.807, 2.05) is 0 Å². The average molecular weight is 541 g/mol. The normalized spacial score (nSPS) is 36.8. The molecule has 0 aromatic rings. The van der Waals surface area contributed by atoms with E-state index in [9.17, 15) is 14.7 Å². The number of methoxy groups -OCH3 is 1. The van der Waals surface area contributed by atoms with Crippen LogP contribution < -0.4 is 11.1 Å². The van der Waals surface area contributed by atoms with Crippen LogP contribution in [0.4, 0.5) is 0 Å². The number of carbonyl (C=O) groups is 2. The number of nitrogens with zero attached hydrogens (tertiary/aromatic N) is 1. The lowest BCUT2D eigenvalue weighted by molar-refractivity contribution is -0.145. The van der Waals surface area contributed by atoms with Crippen LogP contribution in [-0.4, -0.2) is 53.9 Å². The molecule has 3 saturated carbocycles. The van der Waals surface area contributed by atoms with Gasteiger partial charge >= 0.3 is 5.97 Å². The summed E-state index contributed by atoms with van der Waals surface area (Å²) in [5.41, 5.74) is 6.54. The second-order valence-electron chi connectivity index (χ2n) is 12.4. The first-order chi connectivity index (χ1) is 18.5. The van der Waals surface area contributed by atoms with Gasteiger partial charge in [0.05, 0.1) is 18.7 Å². The summed E-state index contributed by atoms with van der Waals surface area (Å²) >= 11 is 0. The van der Waals surface area contributed by atoms with Crippen LogP contribution in [-0.2, 0) is 19.2 Å². The standard InChI is InChI=1S/C30H44N4O5/c1-5-30(37)16-13-23-21-10-9-19-17-20(11-14-28(19,2)22(21)12-15-29(23,30)3)34-39-18-26(35)33-24(27(36)38-4)7-6-8-25(31)32/h1,17,21-24,37H,6-16,18H2,2-4H3,(H3,31,32)(H,33,35)/b34-20+/t21?,22?,23?,24?,28-,29-,30+/m0/s1. The monoisotopic (exact) mass is 540 g/mol. The van der Waals surface area contributed by atoms with Crippen LogP contribution >= 0.6 is 0 Å². The molecule has 4 rings (SSSR count). The van der Waals surface area contributed by atoms with Crippen LogP contribution in [0.5, 0.6) is 0 Å². The Morgan fingerprint density at radius 3 is 2.69 bits per heavy atom. The summed E-state index contributed by atoms with van der Waals surface area (Å²) in [5.74, 6) is 3.39. The third kappa shape index (κ3) is 5.45. The predicted octanol–water partition coefficient (Wildman–Crippen LogP) is 3.45. The van der Waals surface area contributed by atoms with Crippen molar-refractivity contribution < 1.29 is 24.3 Å². The van der Waals surface area contributed by atoms with Gasteiger partial charge in [-0.2, -0.15) is 0 Å². The molecule has 9 nitrogen and oxygen atoms in total. The number of amides is 1. The Morgan fingerprint density at radius 2 is 2.00 bits per heavy atom. The first-order valence-electron chi connectivity index (χ1n) is 14.3. The highest BCUT2D eigenvalue weighted by Gasteiger charge is 2.63. The average Bonchev–Trinajstić information content (AvgIpc) is 3.18. The summed E-state index contributed by atoms with van der Waals surface area (Å²) in [5, 5.41) is 25.4. The van der Waals surface area contributed by atoms with Crippen LogP contribution in [0.2, 0.25) is 0 Å². The van der Waals surface area contributed by atoms with E-state index in [2.05, 4.69) is 36.3 Å². The lowest BCUT2D eigenvalue weighted by Gasteiger charge is -2.58. The number of fused-ring (bicyclic) bond motifs is 5. The van der Waals surface area contributed by atoms with Gasteiger partial charge in [0.1, 0.15) is 11.6 Å². The number of nitrogens with two attached hydrogens (primary N) is 1. The zero-order valence-electron chi connectivity index (χ0n) is 23.6. The topological polar surface area (TPSA) is 147 Å². The van der Waals surface area contributed by atoms with Crippen LogP contribution in [0, 0.1) is 46.3 Å². The number of aliphatic hydroxyl groups is 1. The van der Waals surface area contributed by atoms with Crippen molar-refractivity contribution in [1.82, 2.24) is 5.32 Å². The zero-order valence-corrected chi connectivity index (χ0v) is 23.6. The van der Waals surface area contributed by atoms with Crippen molar-refractivity contribution in [2.45, 2.75) is 96.1 Å². The van der Waals surface area contributed by atoms with Crippen molar-refractivity contribution in [3.05, 3.63) is 11.6 Å². The molecule has 4 unspecified atom stereocenters. The first-order valence-corrected chi connectivity index (χ1v) is 14.3. The summed E-state index contributed by atoms with van der Waals surface area (Å²) < 4.78 is 4.78. The van der Waals surface area contributed by atoms with Gasteiger partial charge in [-0.1, -0.05) is 30.5 Å². The van der Waals surface area contributed by atoms with E-state index in [1.54, 1.807) is 0 Å². The molecule has 0 heterocycles. The van der Waals surface area contributed by atoms with Crippen molar-refractivity contribution in [2.24, 2.45) is 39.5 Å². The molecule has 7 atom stereocenters. The molecule has 0 bridgehead atoms. The summed E-state index contributed by atoms with van der Waals surface area (Å²) in [6, 6.07) is -0.820. The Morgan fingerprint density at radius 1 is 1.26 bits per heavy atom. The molecule has 214 valence electrons. The van der Waals surface area contributed by atoms with Gasteiger partial charge in [-0.15, -0.1) is 6.42 Å². The Labute approximate surface area is 231 Å². The van der Waals surface area contributed by atoms with Crippen molar-refractivity contribution in [3.63, 3.8) is 0 Å². The Bertz CT molecular complexity index is 1100. The highest BCUT2D eigenvalue weighted by Crippen LogP contribution is 2.67. The van der Waals surface area contributed by atoms with E-state index >= 15 is 0 Å². The molecular weight excluding hydrogens is 496 g/mol. The third-order valence-corrected chi connectivity index (χ3v) is 10.5. The molecule has 1 amide bonds. The van der Waals surface area contributed by atoms with Gasteiger partial charge in [0.15, 0.2) is 6.61 Å². The van der Waals surface area contributed by atoms with E-state index in [0.29, 0.717) is 43.4 Å². The maximum atomic E-state index is 12.4. The van der Waals surface area contributed by atoms with E-state index < -0.39 is 23.5 Å². The largest absolute Gasteiger partial charge is 0.467 e. The number of ether oxygens (including phenoxy) is 1. The maximum absolute atomic E-state index is 12.4. The van der Waals surface area contributed by atoms with Gasteiger partial charge in [-0.3, -0.25) is 10.2 Å². The Balaban J connectivity index is 1.35. The number of esters is 1.